The third kappa shape index (κ3) is 8.97. The molecule has 0 aliphatic rings. The molecule has 0 heterocycles. The molecule has 0 fully saturated rings. The highest BCUT2D eigenvalue weighted by molar-refractivity contribution is 6.84. The Kier molecular flexibility index (Phi) is 7.48. The van der Waals surface area contributed by atoms with E-state index in [9.17, 15) is 5.11 Å². The average molecular weight is 307 g/mol. The Morgan fingerprint density at radius 1 is 1.11 bits per heavy atom. The predicted octanol–water partition coefficient (Wildman–Crippen LogP) is 4.20. The van der Waals surface area contributed by atoms with Crippen molar-refractivity contribution < 1.29 is 14.0 Å². The van der Waals surface area contributed by atoms with Crippen molar-refractivity contribution in [2.45, 2.75) is 78.7 Å². The van der Waals surface area contributed by atoms with Gasteiger partial charge in [-0.15, -0.1) is 0 Å². The fourth-order valence-corrected chi connectivity index (χ4v) is 10.0. The summed E-state index contributed by atoms with van der Waals surface area (Å²) < 4.78 is 11.8. The zero-order valence-corrected chi connectivity index (χ0v) is 16.2. The lowest BCUT2D eigenvalue weighted by Gasteiger charge is -2.32. The van der Waals surface area contributed by atoms with Crippen LogP contribution in [0.2, 0.25) is 38.8 Å². The van der Waals surface area contributed by atoms with Crippen molar-refractivity contribution in [1.82, 2.24) is 0 Å². The maximum absolute atomic E-state index is 9.96. The summed E-state index contributed by atoms with van der Waals surface area (Å²) in [6.45, 7) is 18.0. The van der Waals surface area contributed by atoms with Crippen molar-refractivity contribution >= 4 is 16.6 Å². The first-order valence-corrected chi connectivity index (χ1v) is 13.9. The van der Waals surface area contributed by atoms with Crippen LogP contribution >= 0.6 is 0 Å². The summed E-state index contributed by atoms with van der Waals surface area (Å²) in [6.07, 6.45) is 1.22. The van der Waals surface area contributed by atoms with Crippen LogP contribution in [-0.4, -0.2) is 34.6 Å². The zero-order chi connectivity index (χ0) is 15.3. The van der Waals surface area contributed by atoms with Gasteiger partial charge in [0.1, 0.15) is 0 Å². The quantitative estimate of drug-likeness (QED) is 0.394. The first kappa shape index (κ1) is 19.3. The van der Waals surface area contributed by atoms with Crippen molar-refractivity contribution in [1.29, 1.82) is 0 Å². The van der Waals surface area contributed by atoms with E-state index in [0.717, 1.165) is 18.9 Å². The summed E-state index contributed by atoms with van der Waals surface area (Å²) in [4.78, 5) is 0. The van der Waals surface area contributed by atoms with Crippen molar-refractivity contribution in [3.8, 4) is 0 Å². The van der Waals surface area contributed by atoms with E-state index >= 15 is 0 Å². The smallest absolute Gasteiger partial charge is 0.173 e. The molecule has 116 valence electrons. The maximum atomic E-state index is 9.96. The first-order valence-electron chi connectivity index (χ1n) is 7.39. The Labute approximate surface area is 122 Å². The highest BCUT2D eigenvalue weighted by Crippen LogP contribution is 2.26. The van der Waals surface area contributed by atoms with Crippen LogP contribution in [0.1, 0.15) is 33.6 Å². The Bertz CT molecular complexity index is 260. The Morgan fingerprint density at radius 3 is 2.05 bits per heavy atom. The standard InChI is InChI=1S/C14H34O3Si2/c1-9-14(2,3)13(15)16-11-10-12-19(7,8)17-18(4,5)6/h13,15H,9-12H2,1-8H3/t13-/m0/s1. The van der Waals surface area contributed by atoms with Gasteiger partial charge in [0, 0.05) is 12.0 Å². The topological polar surface area (TPSA) is 38.7 Å². The van der Waals surface area contributed by atoms with Gasteiger partial charge in [0.15, 0.2) is 22.9 Å². The van der Waals surface area contributed by atoms with E-state index < -0.39 is 22.9 Å². The van der Waals surface area contributed by atoms with E-state index in [4.69, 9.17) is 8.85 Å². The molecule has 0 spiro atoms. The molecule has 0 amide bonds. The van der Waals surface area contributed by atoms with Crippen LogP contribution in [0.5, 0.6) is 0 Å². The van der Waals surface area contributed by atoms with E-state index in [0.29, 0.717) is 6.61 Å². The molecule has 0 radical (unpaired) electrons. The molecule has 5 heteroatoms. The molecule has 0 aromatic heterocycles. The van der Waals surface area contributed by atoms with Crippen LogP contribution in [0.3, 0.4) is 0 Å². The van der Waals surface area contributed by atoms with Gasteiger partial charge in [-0.2, -0.15) is 0 Å². The van der Waals surface area contributed by atoms with Gasteiger partial charge in [-0.3, -0.25) is 0 Å². The van der Waals surface area contributed by atoms with Crippen LogP contribution in [0, 0.1) is 5.41 Å². The number of rotatable bonds is 9. The lowest BCUT2D eigenvalue weighted by atomic mass is 9.89. The Hall–Kier alpha value is 0.314. The Morgan fingerprint density at radius 2 is 1.63 bits per heavy atom. The van der Waals surface area contributed by atoms with E-state index in [1.165, 1.54) is 0 Å². The zero-order valence-electron chi connectivity index (χ0n) is 14.2. The van der Waals surface area contributed by atoms with Gasteiger partial charge >= 0.3 is 0 Å². The van der Waals surface area contributed by atoms with Crippen LogP contribution in [0.15, 0.2) is 0 Å². The van der Waals surface area contributed by atoms with Crippen LogP contribution < -0.4 is 0 Å². The van der Waals surface area contributed by atoms with Crippen molar-refractivity contribution in [2.24, 2.45) is 5.41 Å². The van der Waals surface area contributed by atoms with Crippen molar-refractivity contribution in [3.63, 3.8) is 0 Å². The van der Waals surface area contributed by atoms with Crippen molar-refractivity contribution in [3.05, 3.63) is 0 Å². The fraction of sp³-hybridized carbons (Fsp3) is 1.00. The molecule has 1 atom stereocenters. The third-order valence-corrected chi connectivity index (χ3v) is 9.58. The largest absolute Gasteiger partial charge is 0.456 e. The first-order chi connectivity index (χ1) is 8.40. The lowest BCUT2D eigenvalue weighted by Crippen LogP contribution is -2.42. The average Bonchev–Trinajstić information content (AvgIpc) is 2.20. The van der Waals surface area contributed by atoms with Crippen LogP contribution in [0.25, 0.3) is 0 Å². The molecule has 0 aliphatic heterocycles. The van der Waals surface area contributed by atoms with Gasteiger partial charge in [0.05, 0.1) is 0 Å². The number of ether oxygens (including phenoxy) is 1. The molecule has 19 heavy (non-hydrogen) atoms. The van der Waals surface area contributed by atoms with E-state index in [1.54, 1.807) is 0 Å². The summed E-state index contributed by atoms with van der Waals surface area (Å²) in [5.41, 5.74) is -0.165. The minimum Gasteiger partial charge on any atom is -0.456 e. The minimum absolute atomic E-state index is 0.165. The van der Waals surface area contributed by atoms with E-state index in [2.05, 4.69) is 39.7 Å². The molecule has 0 aromatic rings. The van der Waals surface area contributed by atoms with E-state index in [1.807, 2.05) is 13.8 Å². The molecule has 0 aliphatic carbocycles. The summed E-state index contributed by atoms with van der Waals surface area (Å²) in [5, 5.41) is 9.96. The summed E-state index contributed by atoms with van der Waals surface area (Å²) in [5.74, 6) is 0. The molecule has 3 nitrogen and oxygen atoms in total. The predicted molar refractivity (Wildman–Crippen MR) is 87.4 cm³/mol. The normalized spacial score (nSPS) is 15.6. The van der Waals surface area contributed by atoms with Crippen LogP contribution in [0.4, 0.5) is 0 Å². The summed E-state index contributed by atoms with van der Waals surface area (Å²) >= 11 is 0. The molecule has 0 bridgehead atoms. The molecule has 0 saturated heterocycles. The maximum Gasteiger partial charge on any atom is 0.173 e. The molecule has 0 unspecified atom stereocenters. The second-order valence-corrected chi connectivity index (χ2v) is 16.7. The van der Waals surface area contributed by atoms with Gasteiger partial charge in [-0.1, -0.05) is 20.8 Å². The van der Waals surface area contributed by atoms with Gasteiger partial charge in [-0.25, -0.2) is 0 Å². The van der Waals surface area contributed by atoms with Crippen LogP contribution in [-0.2, 0) is 8.85 Å². The van der Waals surface area contributed by atoms with Crippen molar-refractivity contribution in [2.75, 3.05) is 6.61 Å². The van der Waals surface area contributed by atoms with Gasteiger partial charge in [-0.05, 0) is 51.6 Å². The van der Waals surface area contributed by atoms with Gasteiger partial charge in [0.25, 0.3) is 0 Å². The molecular weight excluding hydrogens is 272 g/mol. The number of aliphatic hydroxyl groups is 1. The second kappa shape index (κ2) is 7.36. The Balaban J connectivity index is 3.98. The lowest BCUT2D eigenvalue weighted by molar-refractivity contribution is -0.165. The molecular formula is C14H34O3Si2. The number of hydrogen-bond acceptors (Lipinski definition) is 3. The summed E-state index contributed by atoms with van der Waals surface area (Å²) in [6, 6.07) is 1.09. The minimum atomic E-state index is -1.56. The van der Waals surface area contributed by atoms with Gasteiger partial charge in [0.2, 0.25) is 0 Å². The highest BCUT2D eigenvalue weighted by Gasteiger charge is 2.30. The molecule has 0 aromatic carbocycles. The third-order valence-electron chi connectivity index (χ3n) is 3.36. The SMILES string of the molecule is CCC(C)(C)[C@@H](O)OCCC[Si](C)(C)O[Si](C)(C)C. The fourth-order valence-electron chi connectivity index (χ4n) is 1.97. The highest BCUT2D eigenvalue weighted by atomic mass is 28.4. The monoisotopic (exact) mass is 306 g/mol. The number of aliphatic hydroxyl groups excluding tert-OH is 1. The second-order valence-electron chi connectivity index (χ2n) is 7.64. The molecule has 0 saturated carbocycles. The summed E-state index contributed by atoms with van der Waals surface area (Å²) in [7, 11) is -3.00. The van der Waals surface area contributed by atoms with E-state index in [-0.39, 0.29) is 5.41 Å². The number of hydrogen-bond donors (Lipinski definition) is 1. The molecule has 0 rings (SSSR count). The molecule has 1 N–H and O–H groups in total. The van der Waals surface area contributed by atoms with Gasteiger partial charge < -0.3 is 14.0 Å².